The number of nitrogens with one attached hydrogen (secondary N) is 2. The maximum Gasteiger partial charge on any atom is 0.309 e. The smallest absolute Gasteiger partial charge is 0.309 e. The van der Waals surface area contributed by atoms with Gasteiger partial charge >= 0.3 is 11.8 Å². The van der Waals surface area contributed by atoms with Crippen LogP contribution in [0.1, 0.15) is 5.56 Å². The largest absolute Gasteiger partial charge is 0.508 e. The Morgan fingerprint density at radius 1 is 1.08 bits per heavy atom. The summed E-state index contributed by atoms with van der Waals surface area (Å²) in [6.07, 6.45) is 0.521. The minimum Gasteiger partial charge on any atom is -0.508 e. The second-order valence-corrected chi connectivity index (χ2v) is 5.95. The number of thioether (sulfide) groups is 1. The molecule has 8 nitrogen and oxygen atoms in total. The van der Waals surface area contributed by atoms with E-state index < -0.39 is 11.8 Å². The monoisotopic (exact) mass is 351 g/mol. The lowest BCUT2D eigenvalue weighted by atomic mass is 10.1. The van der Waals surface area contributed by atoms with Gasteiger partial charge in [0.1, 0.15) is 5.75 Å². The first-order valence-corrected chi connectivity index (χ1v) is 8.27. The molecule has 1 fully saturated rings. The Hall–Kier alpha value is -2.55. The summed E-state index contributed by atoms with van der Waals surface area (Å²) >= 11 is 0.918. The second-order valence-electron chi connectivity index (χ2n) is 5.03. The lowest BCUT2D eigenvalue weighted by Gasteiger charge is -2.13. The van der Waals surface area contributed by atoms with Gasteiger partial charge in [-0.1, -0.05) is 23.9 Å². The predicted octanol–water partition coefficient (Wildman–Crippen LogP) is -0.138. The molecule has 24 heavy (non-hydrogen) atoms. The maximum absolute atomic E-state index is 11.6. The third-order valence-electron chi connectivity index (χ3n) is 3.30. The van der Waals surface area contributed by atoms with E-state index in [4.69, 9.17) is 5.11 Å². The van der Waals surface area contributed by atoms with Gasteiger partial charge in [0, 0.05) is 19.6 Å². The molecule has 1 aliphatic heterocycles. The van der Waals surface area contributed by atoms with E-state index >= 15 is 0 Å². The number of phenols is 1. The van der Waals surface area contributed by atoms with Gasteiger partial charge in [0.2, 0.25) is 5.91 Å². The van der Waals surface area contributed by atoms with Gasteiger partial charge in [-0.3, -0.25) is 24.1 Å². The highest BCUT2D eigenvalue weighted by atomic mass is 32.2. The van der Waals surface area contributed by atoms with Crippen LogP contribution < -0.4 is 10.6 Å². The van der Waals surface area contributed by atoms with Gasteiger partial charge in [-0.05, 0) is 24.1 Å². The molecule has 1 aromatic rings. The molecule has 0 unspecified atom stereocenters. The molecule has 128 valence electrons. The van der Waals surface area contributed by atoms with Crippen molar-refractivity contribution >= 4 is 34.7 Å². The van der Waals surface area contributed by atoms with Gasteiger partial charge in [-0.2, -0.15) is 0 Å². The number of nitrogens with zero attached hydrogens (tertiary/aromatic N) is 1. The number of hydrogen-bond acceptors (Lipinski definition) is 6. The fourth-order valence-electron chi connectivity index (χ4n) is 2.02. The lowest BCUT2D eigenvalue weighted by Crippen LogP contribution is -2.44. The van der Waals surface area contributed by atoms with Crippen molar-refractivity contribution in [3.63, 3.8) is 0 Å². The van der Waals surface area contributed by atoms with Crippen LogP contribution in [0.15, 0.2) is 24.3 Å². The summed E-state index contributed by atoms with van der Waals surface area (Å²) in [5.41, 5.74) is 0.914. The van der Waals surface area contributed by atoms with Gasteiger partial charge < -0.3 is 15.7 Å². The van der Waals surface area contributed by atoms with Crippen LogP contribution >= 0.6 is 11.8 Å². The molecule has 0 aliphatic carbocycles. The Morgan fingerprint density at radius 2 is 1.71 bits per heavy atom. The standard InChI is InChI=1S/C15H17N3O5S/c19-11-3-1-10(2-4-11)5-6-16-13(21)14(22)17-7-8-18-12(20)9-24-15(18)23/h1-4,19H,5-9H2,(H,16,21)(H,17,22). The number of phenolic OH excluding ortho intramolecular Hbond substituents is 1. The molecular formula is C15H17N3O5S. The van der Waals surface area contributed by atoms with Gasteiger partial charge in [0.25, 0.3) is 5.24 Å². The quantitative estimate of drug-likeness (QED) is 0.615. The Bertz CT molecular complexity index is 631. The highest BCUT2D eigenvalue weighted by Crippen LogP contribution is 2.17. The minimum absolute atomic E-state index is 0.0300. The van der Waals surface area contributed by atoms with Crippen molar-refractivity contribution in [2.75, 3.05) is 25.4 Å². The number of rotatable bonds is 6. The third-order valence-corrected chi connectivity index (χ3v) is 4.16. The van der Waals surface area contributed by atoms with Crippen molar-refractivity contribution in [2.24, 2.45) is 0 Å². The number of amides is 4. The minimum atomic E-state index is -0.813. The summed E-state index contributed by atoms with van der Waals surface area (Å²) in [4.78, 5) is 47.0. The summed E-state index contributed by atoms with van der Waals surface area (Å²) in [7, 11) is 0. The summed E-state index contributed by atoms with van der Waals surface area (Å²) in [5.74, 6) is -1.60. The predicted molar refractivity (Wildman–Crippen MR) is 87.4 cm³/mol. The lowest BCUT2D eigenvalue weighted by molar-refractivity contribution is -0.139. The number of aromatic hydroxyl groups is 1. The van der Waals surface area contributed by atoms with Gasteiger partial charge in [0.05, 0.1) is 5.75 Å². The average molecular weight is 351 g/mol. The first-order valence-electron chi connectivity index (χ1n) is 7.28. The van der Waals surface area contributed by atoms with E-state index in [1.807, 2.05) is 0 Å². The Kier molecular flexibility index (Phi) is 6.19. The van der Waals surface area contributed by atoms with E-state index in [1.165, 1.54) is 0 Å². The van der Waals surface area contributed by atoms with Crippen LogP contribution in [0.25, 0.3) is 0 Å². The molecule has 1 aliphatic rings. The van der Waals surface area contributed by atoms with Crippen molar-refractivity contribution < 1.29 is 24.3 Å². The van der Waals surface area contributed by atoms with E-state index in [9.17, 15) is 19.2 Å². The highest BCUT2D eigenvalue weighted by molar-refractivity contribution is 8.14. The number of carbonyl (C=O) groups is 4. The molecule has 0 spiro atoms. The maximum atomic E-state index is 11.6. The van der Waals surface area contributed by atoms with Crippen LogP contribution in [0.2, 0.25) is 0 Å². The van der Waals surface area contributed by atoms with Crippen LogP contribution in [0, 0.1) is 0 Å². The Labute approximate surface area is 142 Å². The molecule has 2 rings (SSSR count). The van der Waals surface area contributed by atoms with Crippen molar-refractivity contribution in [2.45, 2.75) is 6.42 Å². The summed E-state index contributed by atoms with van der Waals surface area (Å²) in [5, 5.41) is 13.7. The first-order chi connectivity index (χ1) is 11.5. The fraction of sp³-hybridized carbons (Fsp3) is 0.333. The number of carbonyl (C=O) groups excluding carboxylic acids is 4. The van der Waals surface area contributed by atoms with Crippen LogP contribution in [0.3, 0.4) is 0 Å². The van der Waals surface area contributed by atoms with Crippen molar-refractivity contribution in [3.8, 4) is 5.75 Å². The molecule has 0 saturated carbocycles. The van der Waals surface area contributed by atoms with Crippen LogP contribution in [0.4, 0.5) is 4.79 Å². The van der Waals surface area contributed by atoms with E-state index in [0.29, 0.717) is 6.42 Å². The first kappa shape index (κ1) is 17.8. The van der Waals surface area contributed by atoms with Gasteiger partial charge in [-0.15, -0.1) is 0 Å². The number of benzene rings is 1. The zero-order valence-electron chi connectivity index (χ0n) is 12.8. The summed E-state index contributed by atoms with van der Waals surface area (Å²) in [6, 6.07) is 6.54. The topological polar surface area (TPSA) is 116 Å². The molecule has 1 aromatic carbocycles. The number of imide groups is 1. The van der Waals surface area contributed by atoms with E-state index in [1.54, 1.807) is 24.3 Å². The Morgan fingerprint density at radius 3 is 2.29 bits per heavy atom. The highest BCUT2D eigenvalue weighted by Gasteiger charge is 2.29. The molecule has 0 aromatic heterocycles. The zero-order valence-corrected chi connectivity index (χ0v) is 13.6. The number of hydrogen-bond donors (Lipinski definition) is 3. The van der Waals surface area contributed by atoms with E-state index in [2.05, 4.69) is 10.6 Å². The summed E-state index contributed by atoms with van der Waals surface area (Å²) < 4.78 is 0. The van der Waals surface area contributed by atoms with E-state index in [-0.39, 0.29) is 42.3 Å². The molecule has 1 heterocycles. The van der Waals surface area contributed by atoms with Crippen LogP contribution in [-0.2, 0) is 20.8 Å². The molecule has 9 heteroatoms. The van der Waals surface area contributed by atoms with Crippen molar-refractivity contribution in [1.29, 1.82) is 0 Å². The molecule has 0 atom stereocenters. The van der Waals surface area contributed by atoms with Crippen LogP contribution in [0.5, 0.6) is 5.75 Å². The Balaban J connectivity index is 1.65. The molecule has 0 bridgehead atoms. The molecular weight excluding hydrogens is 334 g/mol. The van der Waals surface area contributed by atoms with E-state index in [0.717, 1.165) is 22.2 Å². The third kappa shape index (κ3) is 4.98. The van der Waals surface area contributed by atoms with Gasteiger partial charge in [-0.25, -0.2) is 0 Å². The zero-order chi connectivity index (χ0) is 17.5. The fourth-order valence-corrected chi connectivity index (χ4v) is 2.77. The van der Waals surface area contributed by atoms with Crippen molar-refractivity contribution in [1.82, 2.24) is 15.5 Å². The SMILES string of the molecule is O=C(NCCc1ccc(O)cc1)C(=O)NCCN1C(=O)CSC1=O. The molecule has 0 radical (unpaired) electrons. The van der Waals surface area contributed by atoms with Gasteiger partial charge in [0.15, 0.2) is 0 Å². The normalized spacial score (nSPS) is 13.9. The average Bonchev–Trinajstić information content (AvgIpc) is 2.88. The van der Waals surface area contributed by atoms with Crippen LogP contribution in [-0.4, -0.2) is 58.4 Å². The van der Waals surface area contributed by atoms with Crippen molar-refractivity contribution in [3.05, 3.63) is 29.8 Å². The molecule has 1 saturated heterocycles. The molecule has 3 N–H and O–H groups in total. The summed E-state index contributed by atoms with van der Waals surface area (Å²) in [6.45, 7) is 0.357. The second kappa shape index (κ2) is 8.34. The molecule has 4 amide bonds.